The summed E-state index contributed by atoms with van der Waals surface area (Å²) < 4.78 is 1.60. The van der Waals surface area contributed by atoms with Crippen LogP contribution in [0.15, 0.2) is 23.3 Å². The van der Waals surface area contributed by atoms with E-state index in [0.717, 1.165) is 5.56 Å². The van der Waals surface area contributed by atoms with E-state index < -0.39 is 11.4 Å². The highest BCUT2D eigenvalue weighted by molar-refractivity contribution is 5.91. The summed E-state index contributed by atoms with van der Waals surface area (Å²) in [5.41, 5.74) is 0.945. The molecule has 0 saturated carbocycles. The van der Waals surface area contributed by atoms with Gasteiger partial charge >= 0.3 is 5.97 Å². The molecule has 1 N–H and O–H groups in total. The molecule has 5 heteroatoms. The zero-order chi connectivity index (χ0) is 11.9. The number of carboxylic acid groups (broad SMARTS) is 1. The van der Waals surface area contributed by atoms with Crippen LogP contribution in [-0.4, -0.2) is 20.6 Å². The molecular weight excluding hydrogens is 208 g/mol. The highest BCUT2D eigenvalue weighted by Gasteiger charge is 2.13. The number of carboxylic acids is 1. The first kappa shape index (κ1) is 10.4. The van der Waals surface area contributed by atoms with E-state index in [1.807, 2.05) is 6.92 Å². The maximum atomic E-state index is 11.8. The van der Waals surface area contributed by atoms with E-state index in [1.54, 1.807) is 23.9 Å². The van der Waals surface area contributed by atoms with E-state index in [0.29, 0.717) is 5.52 Å². The molecule has 0 aliphatic heterocycles. The van der Waals surface area contributed by atoms with Gasteiger partial charge in [-0.15, -0.1) is 0 Å². The van der Waals surface area contributed by atoms with E-state index in [9.17, 15) is 9.59 Å². The van der Waals surface area contributed by atoms with Gasteiger partial charge in [-0.05, 0) is 18.6 Å². The van der Waals surface area contributed by atoms with Gasteiger partial charge in [0, 0.05) is 19.4 Å². The van der Waals surface area contributed by atoms with Gasteiger partial charge in [0.15, 0.2) is 0 Å². The van der Waals surface area contributed by atoms with Gasteiger partial charge in [-0.1, -0.05) is 0 Å². The summed E-state index contributed by atoms with van der Waals surface area (Å²) in [5, 5.41) is 8.86. The number of rotatable bonds is 1. The lowest BCUT2D eigenvalue weighted by molar-refractivity contribution is 0.0695. The summed E-state index contributed by atoms with van der Waals surface area (Å²) in [4.78, 5) is 26.6. The quantitative estimate of drug-likeness (QED) is 0.773. The standard InChI is InChI=1S/C11H10N2O3/c1-6-3-8-9(12-4-6)10(14)7(11(15)16)5-13(8)2/h3-5H,1-2H3,(H,15,16). The molecule has 0 fully saturated rings. The smallest absolute Gasteiger partial charge is 0.341 e. The van der Waals surface area contributed by atoms with Crippen molar-refractivity contribution in [3.63, 3.8) is 0 Å². The van der Waals surface area contributed by atoms with Crippen molar-refractivity contribution in [1.29, 1.82) is 0 Å². The van der Waals surface area contributed by atoms with Gasteiger partial charge in [0.1, 0.15) is 11.1 Å². The monoisotopic (exact) mass is 218 g/mol. The van der Waals surface area contributed by atoms with Crippen LogP contribution < -0.4 is 5.43 Å². The Morgan fingerprint density at radius 1 is 1.50 bits per heavy atom. The van der Waals surface area contributed by atoms with Crippen LogP contribution in [0.4, 0.5) is 0 Å². The van der Waals surface area contributed by atoms with Gasteiger partial charge in [-0.2, -0.15) is 0 Å². The molecule has 82 valence electrons. The second-order valence-electron chi connectivity index (χ2n) is 3.67. The van der Waals surface area contributed by atoms with Crippen LogP contribution in [0.25, 0.3) is 11.0 Å². The van der Waals surface area contributed by atoms with E-state index in [-0.39, 0.29) is 11.1 Å². The molecule has 0 saturated heterocycles. The molecule has 0 aromatic carbocycles. The maximum Gasteiger partial charge on any atom is 0.341 e. The lowest BCUT2D eigenvalue weighted by Crippen LogP contribution is -2.18. The Bertz CT molecular complexity index is 643. The Hall–Kier alpha value is -2.17. The molecule has 2 rings (SSSR count). The third kappa shape index (κ3) is 1.46. The number of fused-ring (bicyclic) bond motifs is 1. The minimum Gasteiger partial charge on any atom is -0.477 e. The molecule has 0 bridgehead atoms. The fourth-order valence-electron chi connectivity index (χ4n) is 1.60. The number of nitrogens with zero attached hydrogens (tertiary/aromatic N) is 2. The van der Waals surface area contributed by atoms with E-state index in [4.69, 9.17) is 5.11 Å². The summed E-state index contributed by atoms with van der Waals surface area (Å²) >= 11 is 0. The van der Waals surface area contributed by atoms with Gasteiger partial charge in [-0.25, -0.2) is 4.79 Å². The molecule has 0 radical (unpaired) electrons. The van der Waals surface area contributed by atoms with Crippen LogP contribution in [0.5, 0.6) is 0 Å². The molecule has 16 heavy (non-hydrogen) atoms. The number of carbonyl (C=O) groups is 1. The highest BCUT2D eigenvalue weighted by atomic mass is 16.4. The molecule has 0 amide bonds. The summed E-state index contributed by atoms with van der Waals surface area (Å²) in [6, 6.07) is 1.80. The number of pyridine rings is 2. The summed E-state index contributed by atoms with van der Waals surface area (Å²) in [7, 11) is 1.69. The lowest BCUT2D eigenvalue weighted by atomic mass is 10.2. The fraction of sp³-hybridized carbons (Fsp3) is 0.182. The van der Waals surface area contributed by atoms with Crippen molar-refractivity contribution in [2.45, 2.75) is 6.92 Å². The normalized spacial score (nSPS) is 10.6. The van der Waals surface area contributed by atoms with Crippen LogP contribution in [0.1, 0.15) is 15.9 Å². The van der Waals surface area contributed by atoms with E-state index in [1.165, 1.54) is 6.20 Å². The van der Waals surface area contributed by atoms with Gasteiger partial charge in [0.05, 0.1) is 5.52 Å². The van der Waals surface area contributed by atoms with Gasteiger partial charge in [-0.3, -0.25) is 9.78 Å². The molecular formula is C11H10N2O3. The van der Waals surface area contributed by atoms with Crippen molar-refractivity contribution in [3.05, 3.63) is 39.8 Å². The Morgan fingerprint density at radius 2 is 2.19 bits per heavy atom. The number of hydrogen-bond donors (Lipinski definition) is 1. The Labute approximate surface area is 91.0 Å². The summed E-state index contributed by atoms with van der Waals surface area (Å²) in [6.45, 7) is 1.86. The van der Waals surface area contributed by atoms with Crippen LogP contribution in [-0.2, 0) is 7.05 Å². The van der Waals surface area contributed by atoms with Crippen LogP contribution in [0.3, 0.4) is 0 Å². The number of aryl methyl sites for hydroxylation is 2. The second kappa shape index (κ2) is 3.44. The van der Waals surface area contributed by atoms with Gasteiger partial charge < -0.3 is 9.67 Å². The largest absolute Gasteiger partial charge is 0.477 e. The Morgan fingerprint density at radius 3 is 2.81 bits per heavy atom. The minimum atomic E-state index is -1.23. The average Bonchev–Trinajstić information content (AvgIpc) is 2.22. The molecule has 2 aromatic rings. The molecule has 5 nitrogen and oxygen atoms in total. The molecule has 0 unspecified atom stereocenters. The number of aromatic carboxylic acids is 1. The molecule has 0 spiro atoms. The van der Waals surface area contributed by atoms with Crippen LogP contribution >= 0.6 is 0 Å². The third-order valence-electron chi connectivity index (χ3n) is 2.40. The first-order valence-electron chi connectivity index (χ1n) is 4.70. The van der Waals surface area contributed by atoms with E-state index >= 15 is 0 Å². The third-order valence-corrected chi connectivity index (χ3v) is 2.40. The molecule has 2 heterocycles. The number of aromatic nitrogens is 2. The predicted molar refractivity (Wildman–Crippen MR) is 58.7 cm³/mol. The Kier molecular flexibility index (Phi) is 2.23. The fourth-order valence-corrected chi connectivity index (χ4v) is 1.60. The molecule has 0 aliphatic carbocycles. The SMILES string of the molecule is Cc1cnc2c(=O)c(C(=O)O)cn(C)c2c1. The summed E-state index contributed by atoms with van der Waals surface area (Å²) in [6.07, 6.45) is 2.86. The van der Waals surface area contributed by atoms with Crippen molar-refractivity contribution >= 4 is 17.0 Å². The molecule has 0 aliphatic rings. The second-order valence-corrected chi connectivity index (χ2v) is 3.67. The van der Waals surface area contributed by atoms with Crippen LogP contribution in [0.2, 0.25) is 0 Å². The average molecular weight is 218 g/mol. The summed E-state index contributed by atoms with van der Waals surface area (Å²) in [5.74, 6) is -1.23. The van der Waals surface area contributed by atoms with Crippen molar-refractivity contribution < 1.29 is 9.90 Å². The van der Waals surface area contributed by atoms with Crippen molar-refractivity contribution in [3.8, 4) is 0 Å². The maximum absolute atomic E-state index is 11.8. The zero-order valence-corrected chi connectivity index (χ0v) is 8.89. The predicted octanol–water partition coefficient (Wildman–Crippen LogP) is 0.940. The van der Waals surface area contributed by atoms with Gasteiger partial charge in [0.2, 0.25) is 5.43 Å². The van der Waals surface area contributed by atoms with Crippen molar-refractivity contribution in [2.24, 2.45) is 7.05 Å². The number of hydrogen-bond acceptors (Lipinski definition) is 3. The first-order valence-corrected chi connectivity index (χ1v) is 4.70. The topological polar surface area (TPSA) is 72.2 Å². The van der Waals surface area contributed by atoms with E-state index in [2.05, 4.69) is 4.98 Å². The van der Waals surface area contributed by atoms with Crippen molar-refractivity contribution in [2.75, 3.05) is 0 Å². The minimum absolute atomic E-state index is 0.188. The van der Waals surface area contributed by atoms with Gasteiger partial charge in [0.25, 0.3) is 0 Å². The molecule has 0 atom stereocenters. The van der Waals surface area contributed by atoms with Crippen molar-refractivity contribution in [1.82, 2.24) is 9.55 Å². The first-order chi connectivity index (χ1) is 7.50. The zero-order valence-electron chi connectivity index (χ0n) is 8.89. The Balaban J connectivity index is 2.96. The molecule has 2 aromatic heterocycles. The lowest BCUT2D eigenvalue weighted by Gasteiger charge is -2.06. The van der Waals surface area contributed by atoms with Crippen LogP contribution in [0, 0.1) is 6.92 Å². The highest BCUT2D eigenvalue weighted by Crippen LogP contribution is 2.10.